The highest BCUT2D eigenvalue weighted by Gasteiger charge is 2.56. The Morgan fingerprint density at radius 2 is 0.742 bits per heavy atom. The number of aliphatic hydroxyl groups is 15. The number of carbonyl (C=O) groups is 1. The lowest BCUT2D eigenvalue weighted by Crippen LogP contribution is -2.67. The second-order valence-corrected chi connectivity index (χ2v) is 27.9. The molecule has 27 nitrogen and oxygen atoms in total. The smallest absolute Gasteiger partial charge is 0.390 e. The number of ether oxygens (including phenoxy) is 2. The molecule has 1 amide bonds. The number of hydrogen-bond acceptors (Lipinski definition) is 24. The summed E-state index contributed by atoms with van der Waals surface area (Å²) in [5.74, 6) is -0.989. The Bertz CT molecular complexity index is 1930. The summed E-state index contributed by atoms with van der Waals surface area (Å²) in [7, 11) is -11.2. The van der Waals surface area contributed by atoms with Gasteiger partial charge in [-0.1, -0.05) is 219 Å². The molecule has 23 atom stereocenters. The van der Waals surface area contributed by atoms with Crippen molar-refractivity contribution in [1.82, 2.24) is 5.32 Å². The normalized spacial score (nSPS) is 32.0. The van der Waals surface area contributed by atoms with Crippen LogP contribution in [-0.2, 0) is 41.5 Å². The summed E-state index contributed by atoms with van der Waals surface area (Å²) in [6.07, 6.45) is -7.48. The van der Waals surface area contributed by atoms with E-state index in [1.54, 1.807) is 0 Å². The van der Waals surface area contributed by atoms with Gasteiger partial charge in [0.15, 0.2) is 6.29 Å². The average molecular weight is 1330 g/mol. The van der Waals surface area contributed by atoms with Crippen LogP contribution in [0.5, 0.6) is 0 Å². The first kappa shape index (κ1) is 82.2. The lowest BCUT2D eigenvalue weighted by Gasteiger charge is -2.47. The predicted octanol–water partition coefficient (Wildman–Crippen LogP) is 3.33. The van der Waals surface area contributed by atoms with E-state index in [4.69, 9.17) is 27.6 Å². The zero-order chi connectivity index (χ0) is 66.1. The van der Waals surface area contributed by atoms with Gasteiger partial charge in [-0.2, -0.15) is 0 Å². The number of unbranched alkanes of at least 4 members (excludes halogenated alkanes) is 30. The van der Waals surface area contributed by atoms with E-state index in [2.05, 4.69) is 19.2 Å². The standard InChI is InChI=1S/C60H117NO26P2/c1-3-5-7-9-11-13-15-17-18-19-20-21-22-23-24-26-28-30-32-34-36-41(63)59(77)61-39(43(64)40(62)35-33-31-29-27-25-16-14-12-10-8-6-4-2)37-82-88(78,79)87-58-54(75)50(71)49(70)53(74)57(58)85-60-55(76)45(66)44(65)42(84-60)38-83-89(80,81)86-56-51(72)47(68)46(67)48(69)52(56)73/h39-58,60,62-76H,3-38H2,1-2H3,(H,61,77)(H,78,79)(H,80,81)/t39-,40+,41?,42+,43-,44+,45?,46?,47+,48?,49?,50?,51?,52?,53+,54?,55?,56?,57?,58-,60+/m0/s1. The maximum atomic E-state index is 13.8. The molecule has 0 radical (unpaired) electrons. The minimum atomic E-state index is -5.68. The van der Waals surface area contributed by atoms with E-state index in [0.29, 0.717) is 19.3 Å². The third kappa shape index (κ3) is 29.9. The average Bonchev–Trinajstić information content (AvgIpc) is 3.39. The highest BCUT2D eigenvalue weighted by molar-refractivity contribution is 7.47. The number of aliphatic hydroxyl groups excluding tert-OH is 15. The molecule has 0 aromatic carbocycles. The van der Waals surface area contributed by atoms with E-state index in [-0.39, 0.29) is 12.8 Å². The van der Waals surface area contributed by atoms with Crippen LogP contribution in [0.3, 0.4) is 0 Å². The maximum Gasteiger partial charge on any atom is 0.472 e. The molecule has 14 unspecified atom stereocenters. The highest BCUT2D eigenvalue weighted by Crippen LogP contribution is 2.49. The van der Waals surface area contributed by atoms with E-state index >= 15 is 0 Å². The summed E-state index contributed by atoms with van der Waals surface area (Å²) in [5.41, 5.74) is 0. The van der Waals surface area contributed by atoms with E-state index in [9.17, 15) is 100 Å². The molecule has 0 aromatic heterocycles. The largest absolute Gasteiger partial charge is 0.472 e. The van der Waals surface area contributed by atoms with Crippen molar-refractivity contribution in [3.05, 3.63) is 0 Å². The number of hydrogen-bond donors (Lipinski definition) is 18. The first-order valence-electron chi connectivity index (χ1n) is 33.4. The molecule has 18 N–H and O–H groups in total. The van der Waals surface area contributed by atoms with E-state index < -0.39 is 163 Å². The number of nitrogens with one attached hydrogen (secondary N) is 1. The van der Waals surface area contributed by atoms with Gasteiger partial charge in [0, 0.05) is 0 Å². The van der Waals surface area contributed by atoms with E-state index in [0.717, 1.165) is 64.2 Å². The van der Waals surface area contributed by atoms with Gasteiger partial charge in [0.05, 0.1) is 25.4 Å². The van der Waals surface area contributed by atoms with Gasteiger partial charge in [0.25, 0.3) is 0 Å². The Hall–Kier alpha value is -0.990. The molecular weight excluding hydrogens is 1210 g/mol. The topological polar surface area (TPSA) is 463 Å². The number of phosphoric acid groups is 2. The second kappa shape index (κ2) is 44.7. The predicted molar refractivity (Wildman–Crippen MR) is 325 cm³/mol. The fourth-order valence-corrected chi connectivity index (χ4v) is 13.6. The van der Waals surface area contributed by atoms with Gasteiger partial charge in [-0.3, -0.25) is 22.9 Å². The van der Waals surface area contributed by atoms with Gasteiger partial charge < -0.3 is 101 Å². The molecule has 2 saturated carbocycles. The third-order valence-electron chi connectivity index (χ3n) is 17.5. The number of rotatable bonds is 50. The number of amides is 1. The molecule has 1 saturated heterocycles. The van der Waals surface area contributed by atoms with Crippen LogP contribution >= 0.6 is 15.6 Å². The lowest BCUT2D eigenvalue weighted by molar-refractivity contribution is -0.337. The first-order chi connectivity index (χ1) is 42.3. The SMILES string of the molecule is CCCCCCCCCCCCCCCCCCCCCCC(O)C(=O)N[C@@H](COP(=O)(O)O[C@H]1C(O)C(O)C(O)[C@@H](O)C1O[C@H]1O[C@H](COP(=O)(O)OC2C(O)C(O)C(O)[C@@H](O)C2O)[C@@H](O)C(O)C1O)[C@H](O)[C@H](O)CCCCCCCCCCCCCC. The van der Waals surface area contributed by atoms with Crippen LogP contribution in [0.1, 0.15) is 232 Å². The fourth-order valence-electron chi connectivity index (χ4n) is 11.7. The van der Waals surface area contributed by atoms with Crippen LogP contribution in [0.25, 0.3) is 0 Å². The molecule has 3 rings (SSSR count). The molecule has 0 bridgehead atoms. The van der Waals surface area contributed by atoms with Crippen LogP contribution in [0.2, 0.25) is 0 Å². The number of phosphoric ester groups is 2. The van der Waals surface area contributed by atoms with Gasteiger partial charge in [0.1, 0.15) is 110 Å². The molecule has 0 aromatic rings. The minimum Gasteiger partial charge on any atom is -0.390 e. The number of carbonyl (C=O) groups excluding carboxylic acids is 1. The molecule has 528 valence electrons. The van der Waals surface area contributed by atoms with E-state index in [1.807, 2.05) is 0 Å². The Morgan fingerprint density at radius 1 is 0.416 bits per heavy atom. The molecule has 29 heteroatoms. The molecule has 89 heavy (non-hydrogen) atoms. The lowest BCUT2D eigenvalue weighted by atomic mass is 9.84. The second-order valence-electron chi connectivity index (χ2n) is 25.1. The van der Waals surface area contributed by atoms with Crippen molar-refractivity contribution in [3.63, 3.8) is 0 Å². The summed E-state index contributed by atoms with van der Waals surface area (Å²) in [6.45, 7) is 2.05. The van der Waals surface area contributed by atoms with Gasteiger partial charge in [-0.25, -0.2) is 9.13 Å². The molecule has 1 heterocycles. The summed E-state index contributed by atoms with van der Waals surface area (Å²) in [6, 6.07) is -1.69. The Morgan fingerprint density at radius 3 is 1.16 bits per heavy atom. The summed E-state index contributed by atoms with van der Waals surface area (Å²) >= 11 is 0. The Balaban J connectivity index is 1.61. The van der Waals surface area contributed by atoms with Crippen LogP contribution in [-0.4, -0.2) is 234 Å². The monoisotopic (exact) mass is 1330 g/mol. The summed E-state index contributed by atoms with van der Waals surface area (Å²) < 4.78 is 57.7. The van der Waals surface area contributed by atoms with Crippen LogP contribution in [0, 0.1) is 0 Å². The van der Waals surface area contributed by atoms with Crippen LogP contribution in [0.4, 0.5) is 0 Å². The zero-order valence-corrected chi connectivity index (χ0v) is 54.5. The maximum absolute atomic E-state index is 13.8. The zero-order valence-electron chi connectivity index (χ0n) is 52.8. The van der Waals surface area contributed by atoms with Crippen molar-refractivity contribution < 1.29 is 128 Å². The highest BCUT2D eigenvalue weighted by atomic mass is 31.2. The van der Waals surface area contributed by atoms with Crippen LogP contribution < -0.4 is 5.32 Å². The summed E-state index contributed by atoms with van der Waals surface area (Å²) in [5, 5.41) is 162. The van der Waals surface area contributed by atoms with E-state index in [1.165, 1.54) is 122 Å². The van der Waals surface area contributed by atoms with Gasteiger partial charge >= 0.3 is 15.6 Å². The Kier molecular flexibility index (Phi) is 41.3. The fraction of sp³-hybridized carbons (Fsp3) is 0.983. The molecule has 3 fully saturated rings. The van der Waals surface area contributed by atoms with Crippen molar-refractivity contribution in [2.45, 2.75) is 360 Å². The molecule has 1 aliphatic heterocycles. The molecular formula is C60H117NO26P2. The molecule has 2 aliphatic carbocycles. The van der Waals surface area contributed by atoms with Gasteiger partial charge in [-0.05, 0) is 12.8 Å². The first-order valence-corrected chi connectivity index (χ1v) is 36.4. The Labute approximate surface area is 526 Å². The van der Waals surface area contributed by atoms with Gasteiger partial charge in [-0.15, -0.1) is 0 Å². The quantitative estimate of drug-likeness (QED) is 0.0307. The van der Waals surface area contributed by atoms with Crippen molar-refractivity contribution >= 4 is 21.6 Å². The molecule has 0 spiro atoms. The minimum absolute atomic E-state index is 0.0369. The third-order valence-corrected chi connectivity index (χ3v) is 19.5. The van der Waals surface area contributed by atoms with Crippen molar-refractivity contribution in [1.29, 1.82) is 0 Å². The van der Waals surface area contributed by atoms with Crippen molar-refractivity contribution in [3.8, 4) is 0 Å². The molecule has 3 aliphatic rings. The van der Waals surface area contributed by atoms with Crippen molar-refractivity contribution in [2.75, 3.05) is 13.2 Å². The summed E-state index contributed by atoms with van der Waals surface area (Å²) in [4.78, 5) is 35.0. The van der Waals surface area contributed by atoms with Gasteiger partial charge in [0.2, 0.25) is 5.91 Å². The van der Waals surface area contributed by atoms with Crippen LogP contribution in [0.15, 0.2) is 0 Å². The van der Waals surface area contributed by atoms with Crippen molar-refractivity contribution in [2.24, 2.45) is 0 Å².